The fourth-order valence-corrected chi connectivity index (χ4v) is 1.25. The Bertz CT molecular complexity index is 480. The van der Waals surface area contributed by atoms with Crippen LogP contribution < -0.4 is 0 Å². The van der Waals surface area contributed by atoms with Crippen molar-refractivity contribution < 1.29 is 14.6 Å². The van der Waals surface area contributed by atoms with Gasteiger partial charge in [-0.05, 0) is 12.8 Å². The van der Waals surface area contributed by atoms with Crippen molar-refractivity contribution in [2.24, 2.45) is 11.1 Å². The molecule has 0 radical (unpaired) electrons. The third-order valence-corrected chi connectivity index (χ3v) is 2.34. The van der Waals surface area contributed by atoms with Gasteiger partial charge in [0.25, 0.3) is 5.69 Å². The molecule has 88 valence electrons. The van der Waals surface area contributed by atoms with Crippen LogP contribution in [0.1, 0.15) is 18.4 Å². The minimum atomic E-state index is -0.493. The third-order valence-electron chi connectivity index (χ3n) is 2.34. The second-order valence-electron chi connectivity index (χ2n) is 3.77. The van der Waals surface area contributed by atoms with Crippen LogP contribution in [0.3, 0.4) is 0 Å². The molecule has 0 heterocycles. The predicted octanol–water partition coefficient (Wildman–Crippen LogP) is 1.88. The summed E-state index contributed by atoms with van der Waals surface area (Å²) in [6.07, 6.45) is 2.99. The fraction of sp³-hybridized carbons (Fsp3) is 0.273. The van der Waals surface area contributed by atoms with Crippen molar-refractivity contribution in [3.05, 3.63) is 39.9 Å². The van der Waals surface area contributed by atoms with Crippen molar-refractivity contribution in [3.63, 3.8) is 0 Å². The zero-order valence-electron chi connectivity index (χ0n) is 8.91. The summed E-state index contributed by atoms with van der Waals surface area (Å²) in [5.41, 5.74) is 0.491. The van der Waals surface area contributed by atoms with E-state index in [9.17, 15) is 14.9 Å². The van der Waals surface area contributed by atoms with Crippen molar-refractivity contribution in [1.29, 1.82) is 0 Å². The van der Waals surface area contributed by atoms with Gasteiger partial charge in [0.05, 0.1) is 17.1 Å². The van der Waals surface area contributed by atoms with E-state index in [1.807, 2.05) is 0 Å². The van der Waals surface area contributed by atoms with E-state index in [4.69, 9.17) is 0 Å². The molecule has 1 fully saturated rings. The molecule has 0 spiro atoms. The van der Waals surface area contributed by atoms with Crippen LogP contribution in [-0.2, 0) is 9.63 Å². The van der Waals surface area contributed by atoms with Crippen LogP contribution in [-0.4, -0.2) is 17.1 Å². The predicted molar refractivity (Wildman–Crippen MR) is 59.5 cm³/mol. The highest BCUT2D eigenvalue weighted by molar-refractivity contribution is 5.81. The number of non-ortho nitro benzene ring substituents is 1. The van der Waals surface area contributed by atoms with Gasteiger partial charge in [-0.2, -0.15) is 0 Å². The van der Waals surface area contributed by atoms with Crippen LogP contribution in [0.4, 0.5) is 5.69 Å². The minimum Gasteiger partial charge on any atom is -0.318 e. The molecular weight excluding hydrogens is 224 g/mol. The number of hydrogen-bond acceptors (Lipinski definition) is 5. The van der Waals surface area contributed by atoms with Gasteiger partial charge in [0.2, 0.25) is 0 Å². The Kier molecular flexibility index (Phi) is 3.13. The summed E-state index contributed by atoms with van der Waals surface area (Å²) in [7, 11) is 0. The summed E-state index contributed by atoms with van der Waals surface area (Å²) in [5, 5.41) is 14.0. The van der Waals surface area contributed by atoms with Gasteiger partial charge in [-0.3, -0.25) is 10.1 Å². The summed E-state index contributed by atoms with van der Waals surface area (Å²) in [6.45, 7) is 0. The summed E-state index contributed by atoms with van der Waals surface area (Å²) in [5.74, 6) is -0.357. The molecule has 2 rings (SSSR count). The Morgan fingerprint density at radius 3 is 2.94 bits per heavy atom. The molecule has 0 unspecified atom stereocenters. The van der Waals surface area contributed by atoms with Crippen LogP contribution in [0, 0.1) is 16.0 Å². The quantitative estimate of drug-likeness (QED) is 0.344. The lowest BCUT2D eigenvalue weighted by Crippen LogP contribution is -2.01. The van der Waals surface area contributed by atoms with E-state index < -0.39 is 4.92 Å². The molecule has 0 N–H and O–H groups in total. The Labute approximate surface area is 97.0 Å². The van der Waals surface area contributed by atoms with Crippen molar-refractivity contribution in [3.8, 4) is 0 Å². The summed E-state index contributed by atoms with van der Waals surface area (Å²) in [4.78, 5) is 25.8. The fourth-order valence-electron chi connectivity index (χ4n) is 1.25. The molecule has 1 aromatic rings. The van der Waals surface area contributed by atoms with Crippen LogP contribution in [0.15, 0.2) is 29.4 Å². The molecule has 1 saturated carbocycles. The first-order valence-corrected chi connectivity index (χ1v) is 5.15. The molecule has 0 atom stereocenters. The van der Waals surface area contributed by atoms with E-state index >= 15 is 0 Å². The van der Waals surface area contributed by atoms with E-state index in [1.54, 1.807) is 12.1 Å². The van der Waals surface area contributed by atoms with Gasteiger partial charge in [0.1, 0.15) is 0 Å². The number of rotatable bonds is 4. The second kappa shape index (κ2) is 4.73. The summed E-state index contributed by atoms with van der Waals surface area (Å²) >= 11 is 0. The minimum absolute atomic E-state index is 0.0164. The Morgan fingerprint density at radius 1 is 1.53 bits per heavy atom. The zero-order valence-corrected chi connectivity index (χ0v) is 8.91. The highest BCUT2D eigenvalue weighted by atomic mass is 16.7. The standard InChI is InChI=1S/C11H10N2O4/c14-11(9-4-5-9)17-12-7-8-2-1-3-10(6-8)13(15)16/h1-3,6-7,9H,4-5H2/b12-7-. The largest absolute Gasteiger partial charge is 0.338 e. The highest BCUT2D eigenvalue weighted by Crippen LogP contribution is 2.30. The first-order chi connectivity index (χ1) is 8.16. The number of nitro benzene ring substituents is 1. The second-order valence-corrected chi connectivity index (χ2v) is 3.77. The average Bonchev–Trinajstić information content (AvgIpc) is 3.13. The number of hydrogen-bond donors (Lipinski definition) is 0. The van der Waals surface area contributed by atoms with Crippen molar-refractivity contribution in [2.75, 3.05) is 0 Å². The molecule has 0 saturated heterocycles. The Hall–Kier alpha value is -2.24. The molecule has 17 heavy (non-hydrogen) atoms. The number of benzene rings is 1. The van der Waals surface area contributed by atoms with Gasteiger partial charge >= 0.3 is 5.97 Å². The van der Waals surface area contributed by atoms with E-state index in [1.165, 1.54) is 18.3 Å². The van der Waals surface area contributed by atoms with Crippen LogP contribution in [0.5, 0.6) is 0 Å². The molecule has 0 bridgehead atoms. The zero-order chi connectivity index (χ0) is 12.3. The first-order valence-electron chi connectivity index (χ1n) is 5.15. The van der Waals surface area contributed by atoms with Crippen molar-refractivity contribution in [2.45, 2.75) is 12.8 Å². The number of nitro groups is 1. The molecule has 0 aliphatic heterocycles. The van der Waals surface area contributed by atoms with Crippen LogP contribution >= 0.6 is 0 Å². The summed E-state index contributed by atoms with van der Waals surface area (Å²) in [6, 6.07) is 5.92. The molecule has 6 nitrogen and oxygen atoms in total. The number of nitrogens with zero attached hydrogens (tertiary/aromatic N) is 2. The van der Waals surface area contributed by atoms with Gasteiger partial charge in [0.15, 0.2) is 0 Å². The van der Waals surface area contributed by atoms with Crippen LogP contribution in [0.2, 0.25) is 0 Å². The van der Waals surface area contributed by atoms with Gasteiger partial charge in [-0.15, -0.1) is 0 Å². The lowest BCUT2D eigenvalue weighted by Gasteiger charge is -1.95. The molecular formula is C11H10N2O4. The van der Waals surface area contributed by atoms with Crippen LogP contribution in [0.25, 0.3) is 0 Å². The van der Waals surface area contributed by atoms with E-state index in [2.05, 4.69) is 9.99 Å². The first kappa shape index (κ1) is 11.3. The van der Waals surface area contributed by atoms with Crippen molar-refractivity contribution >= 4 is 17.9 Å². The van der Waals surface area contributed by atoms with Crippen molar-refractivity contribution in [1.82, 2.24) is 0 Å². The highest BCUT2D eigenvalue weighted by Gasteiger charge is 2.31. The van der Waals surface area contributed by atoms with Gasteiger partial charge in [-0.25, -0.2) is 4.79 Å². The summed E-state index contributed by atoms with van der Waals surface area (Å²) < 4.78 is 0. The molecule has 1 aliphatic rings. The molecule has 1 aromatic carbocycles. The average molecular weight is 234 g/mol. The monoisotopic (exact) mass is 234 g/mol. The molecule has 0 amide bonds. The lowest BCUT2D eigenvalue weighted by atomic mass is 10.2. The smallest absolute Gasteiger partial charge is 0.318 e. The number of carbonyl (C=O) groups is 1. The Morgan fingerprint density at radius 2 is 2.29 bits per heavy atom. The molecule has 1 aliphatic carbocycles. The normalized spacial score (nSPS) is 14.8. The molecule has 6 heteroatoms. The van der Waals surface area contributed by atoms with Gasteiger partial charge in [0, 0.05) is 17.7 Å². The van der Waals surface area contributed by atoms with E-state index in [0.717, 1.165) is 12.8 Å². The molecule has 0 aromatic heterocycles. The van der Waals surface area contributed by atoms with E-state index in [-0.39, 0.29) is 17.6 Å². The maximum Gasteiger partial charge on any atom is 0.338 e. The topological polar surface area (TPSA) is 81.8 Å². The maximum absolute atomic E-state index is 11.1. The number of oxime groups is 1. The van der Waals surface area contributed by atoms with Gasteiger partial charge < -0.3 is 4.84 Å². The maximum atomic E-state index is 11.1. The Balaban J connectivity index is 1.97. The van der Waals surface area contributed by atoms with Gasteiger partial charge in [-0.1, -0.05) is 17.3 Å². The third kappa shape index (κ3) is 3.10. The van der Waals surface area contributed by atoms with E-state index in [0.29, 0.717) is 5.56 Å². The number of carbonyl (C=O) groups excluding carboxylic acids is 1. The lowest BCUT2D eigenvalue weighted by molar-refractivity contribution is -0.384. The SMILES string of the molecule is O=C(O/N=C\c1cccc([N+](=O)[O-])c1)C1CC1.